The molecule has 1 aliphatic rings. The summed E-state index contributed by atoms with van der Waals surface area (Å²) in [5, 5.41) is 1.98. The summed E-state index contributed by atoms with van der Waals surface area (Å²) in [6, 6.07) is 1.91. The van der Waals surface area contributed by atoms with Crippen molar-refractivity contribution in [2.75, 3.05) is 19.8 Å². The Morgan fingerprint density at radius 3 is 3.00 bits per heavy atom. The number of carbonyl (C=O) groups is 1. The van der Waals surface area contributed by atoms with Crippen molar-refractivity contribution < 1.29 is 4.79 Å². The molecule has 74 valence electrons. The van der Waals surface area contributed by atoms with E-state index < -0.39 is 0 Å². The molecule has 0 saturated carbocycles. The summed E-state index contributed by atoms with van der Waals surface area (Å²) < 4.78 is 1.16. The molecule has 2 heterocycles. The first kappa shape index (κ1) is 9.80. The Bertz CT molecular complexity index is 393. The fourth-order valence-corrected chi connectivity index (χ4v) is 3.40. The Morgan fingerprint density at radius 1 is 1.50 bits per heavy atom. The molecule has 0 spiro atoms. The minimum atomic E-state index is 0.189. The first-order valence-electron chi connectivity index (χ1n) is 4.30. The monoisotopic (exact) mass is 225 g/mol. The lowest BCUT2D eigenvalue weighted by molar-refractivity contribution is 0.103. The third-order valence-electron chi connectivity index (χ3n) is 1.94. The van der Waals surface area contributed by atoms with E-state index in [4.69, 9.17) is 0 Å². The standard InChI is InChI=1S/C10H11NOS2/c1-11(2)5-7-6-14-10-8(9(7)12)3-4-13-10/h3-5H,6H2,1-2H3. The molecule has 2 nitrogen and oxygen atoms in total. The van der Waals surface area contributed by atoms with Crippen LogP contribution in [0.3, 0.4) is 0 Å². The van der Waals surface area contributed by atoms with Crippen molar-refractivity contribution in [3.8, 4) is 0 Å². The van der Waals surface area contributed by atoms with Gasteiger partial charge in [-0.1, -0.05) is 0 Å². The van der Waals surface area contributed by atoms with Crippen molar-refractivity contribution in [2.45, 2.75) is 4.21 Å². The van der Waals surface area contributed by atoms with E-state index in [1.165, 1.54) is 0 Å². The van der Waals surface area contributed by atoms with Gasteiger partial charge in [-0.25, -0.2) is 0 Å². The molecule has 0 radical (unpaired) electrons. The lowest BCUT2D eigenvalue weighted by Gasteiger charge is -2.15. The second-order valence-electron chi connectivity index (χ2n) is 3.36. The molecule has 0 unspecified atom stereocenters. The van der Waals surface area contributed by atoms with Crippen molar-refractivity contribution >= 4 is 28.9 Å². The predicted molar refractivity (Wildman–Crippen MR) is 61.1 cm³/mol. The average molecular weight is 225 g/mol. The Morgan fingerprint density at radius 2 is 2.29 bits per heavy atom. The van der Waals surface area contributed by atoms with E-state index in [0.29, 0.717) is 0 Å². The minimum Gasteiger partial charge on any atom is -0.383 e. The van der Waals surface area contributed by atoms with Crippen LogP contribution in [0.5, 0.6) is 0 Å². The van der Waals surface area contributed by atoms with E-state index in [0.717, 1.165) is 21.1 Å². The maximum absolute atomic E-state index is 11.9. The summed E-state index contributed by atoms with van der Waals surface area (Å²) in [4.78, 5) is 13.8. The molecule has 0 N–H and O–H groups in total. The number of Topliss-reactive ketones (excluding diaryl/α,β-unsaturated/α-hetero) is 1. The highest BCUT2D eigenvalue weighted by Crippen LogP contribution is 2.36. The molecule has 0 amide bonds. The zero-order chi connectivity index (χ0) is 10.1. The first-order chi connectivity index (χ1) is 6.68. The number of ketones is 1. The van der Waals surface area contributed by atoms with Gasteiger partial charge < -0.3 is 4.90 Å². The number of hydrogen-bond donors (Lipinski definition) is 0. The Kier molecular flexibility index (Phi) is 2.65. The number of carbonyl (C=O) groups excluding carboxylic acids is 1. The molecule has 0 saturated heterocycles. The van der Waals surface area contributed by atoms with Crippen molar-refractivity contribution in [1.29, 1.82) is 0 Å². The van der Waals surface area contributed by atoms with Crippen molar-refractivity contribution in [3.05, 3.63) is 28.8 Å². The van der Waals surface area contributed by atoms with Gasteiger partial charge in [0.05, 0.1) is 4.21 Å². The van der Waals surface area contributed by atoms with Crippen LogP contribution >= 0.6 is 23.1 Å². The molecule has 0 fully saturated rings. The van der Waals surface area contributed by atoms with Gasteiger partial charge in [-0.2, -0.15) is 0 Å². The molecule has 4 heteroatoms. The number of hydrogen-bond acceptors (Lipinski definition) is 4. The second kappa shape index (κ2) is 3.79. The number of fused-ring (bicyclic) bond motifs is 1. The highest BCUT2D eigenvalue weighted by atomic mass is 32.2. The van der Waals surface area contributed by atoms with E-state index in [2.05, 4.69) is 0 Å². The van der Waals surface area contributed by atoms with Gasteiger partial charge in [0, 0.05) is 37.2 Å². The maximum Gasteiger partial charge on any atom is 0.193 e. The van der Waals surface area contributed by atoms with Crippen LogP contribution in [0.4, 0.5) is 0 Å². The predicted octanol–water partition coefficient (Wildman–Crippen LogP) is 2.48. The van der Waals surface area contributed by atoms with Crippen molar-refractivity contribution in [2.24, 2.45) is 0 Å². The largest absolute Gasteiger partial charge is 0.383 e. The van der Waals surface area contributed by atoms with Gasteiger partial charge >= 0.3 is 0 Å². The SMILES string of the molecule is CN(C)C=C1CSc2sccc2C1=O. The van der Waals surface area contributed by atoms with Crippen LogP contribution in [0, 0.1) is 0 Å². The quantitative estimate of drug-likeness (QED) is 0.685. The first-order valence-corrected chi connectivity index (χ1v) is 6.17. The highest BCUT2D eigenvalue weighted by Gasteiger charge is 2.23. The maximum atomic E-state index is 11.9. The Labute approximate surface area is 91.6 Å². The average Bonchev–Trinajstić information content (AvgIpc) is 2.57. The molecule has 0 aliphatic carbocycles. The van der Waals surface area contributed by atoms with Crippen LogP contribution in [0.2, 0.25) is 0 Å². The minimum absolute atomic E-state index is 0.189. The van der Waals surface area contributed by atoms with Crippen LogP contribution in [0.25, 0.3) is 0 Å². The molecule has 2 rings (SSSR count). The summed E-state index contributed by atoms with van der Waals surface area (Å²) in [5.41, 5.74) is 1.77. The molecule has 1 aromatic rings. The van der Waals surface area contributed by atoms with Crippen LogP contribution in [0.15, 0.2) is 27.4 Å². The molecule has 1 aromatic heterocycles. The van der Waals surface area contributed by atoms with Crippen molar-refractivity contribution in [1.82, 2.24) is 4.90 Å². The summed E-state index contributed by atoms with van der Waals surface area (Å²) >= 11 is 3.40. The van der Waals surface area contributed by atoms with E-state index in [-0.39, 0.29) is 5.78 Å². The zero-order valence-corrected chi connectivity index (χ0v) is 9.74. The van der Waals surface area contributed by atoms with E-state index in [9.17, 15) is 4.79 Å². The topological polar surface area (TPSA) is 20.3 Å². The van der Waals surface area contributed by atoms with Gasteiger partial charge in [0.25, 0.3) is 0 Å². The van der Waals surface area contributed by atoms with E-state index in [1.54, 1.807) is 23.1 Å². The van der Waals surface area contributed by atoms with Crippen molar-refractivity contribution in [3.63, 3.8) is 0 Å². The lowest BCUT2D eigenvalue weighted by atomic mass is 10.1. The number of thiophene rings is 1. The zero-order valence-electron chi connectivity index (χ0n) is 8.11. The third kappa shape index (κ3) is 1.72. The van der Waals surface area contributed by atoms with E-state index in [1.807, 2.05) is 36.6 Å². The molecule has 0 aromatic carbocycles. The highest BCUT2D eigenvalue weighted by molar-refractivity contribution is 8.01. The summed E-state index contributed by atoms with van der Waals surface area (Å²) in [6.45, 7) is 0. The van der Waals surface area contributed by atoms with Gasteiger partial charge in [0.2, 0.25) is 0 Å². The van der Waals surface area contributed by atoms with E-state index >= 15 is 0 Å². The smallest absolute Gasteiger partial charge is 0.193 e. The molecule has 1 aliphatic heterocycles. The molecule has 0 atom stereocenters. The molecular formula is C10H11NOS2. The van der Waals surface area contributed by atoms with Crippen LogP contribution in [0.1, 0.15) is 10.4 Å². The van der Waals surface area contributed by atoms with Gasteiger partial charge in [0.15, 0.2) is 5.78 Å². The summed E-state index contributed by atoms with van der Waals surface area (Å²) in [6.07, 6.45) is 1.91. The number of thioether (sulfide) groups is 1. The summed E-state index contributed by atoms with van der Waals surface area (Å²) in [7, 11) is 3.88. The molecular weight excluding hydrogens is 214 g/mol. The van der Waals surface area contributed by atoms with Crippen LogP contribution < -0.4 is 0 Å². The third-order valence-corrected chi connectivity index (χ3v) is 4.22. The van der Waals surface area contributed by atoms with Gasteiger partial charge in [0.1, 0.15) is 0 Å². The van der Waals surface area contributed by atoms with Gasteiger partial charge in [-0.3, -0.25) is 4.79 Å². The fraction of sp³-hybridized carbons (Fsp3) is 0.300. The number of nitrogens with zero attached hydrogens (tertiary/aromatic N) is 1. The Balaban J connectivity index is 2.34. The molecule has 14 heavy (non-hydrogen) atoms. The summed E-state index contributed by atoms with van der Waals surface area (Å²) in [5.74, 6) is 0.985. The van der Waals surface area contributed by atoms with Gasteiger partial charge in [-0.15, -0.1) is 23.1 Å². The van der Waals surface area contributed by atoms with Crippen LogP contribution in [-0.4, -0.2) is 30.5 Å². The Hall–Kier alpha value is -0.740. The second-order valence-corrected chi connectivity index (χ2v) is 5.52. The lowest BCUT2D eigenvalue weighted by Crippen LogP contribution is -2.14. The fourth-order valence-electron chi connectivity index (χ4n) is 1.36. The molecule has 0 bridgehead atoms. The van der Waals surface area contributed by atoms with Gasteiger partial charge in [-0.05, 0) is 11.4 Å². The number of rotatable bonds is 1. The normalized spacial score (nSPS) is 18.4. The van der Waals surface area contributed by atoms with Crippen LogP contribution in [-0.2, 0) is 0 Å².